The molecular weight excluding hydrogens is 458 g/mol. The van der Waals surface area contributed by atoms with E-state index in [1.54, 1.807) is 0 Å². The van der Waals surface area contributed by atoms with Crippen LogP contribution in [0.3, 0.4) is 0 Å². The summed E-state index contributed by atoms with van der Waals surface area (Å²) in [6.45, 7) is 4.15. The highest BCUT2D eigenvalue weighted by Gasteiger charge is 2.20. The second kappa shape index (κ2) is 23.4. The molecule has 0 heterocycles. The molecule has 0 radical (unpaired) electrons. The zero-order valence-electron chi connectivity index (χ0n) is 23.0. The van der Waals surface area contributed by atoms with Crippen molar-refractivity contribution in [3.05, 3.63) is 0 Å². The zero-order chi connectivity index (χ0) is 27.0. The monoisotopic (exact) mass is 511 g/mol. The summed E-state index contributed by atoms with van der Waals surface area (Å²) in [6, 6.07) is -1.51. The molecule has 5 N–H and O–H groups in total. The Kier molecular flexibility index (Phi) is 22.2. The number of nitrogens with two attached hydrogens (primary N) is 1. The first kappa shape index (κ1) is 34.0. The van der Waals surface area contributed by atoms with Crippen molar-refractivity contribution in [2.24, 2.45) is 5.73 Å². The summed E-state index contributed by atoms with van der Waals surface area (Å²) in [7, 11) is 0. The molecule has 0 fully saturated rings. The third-order valence-corrected chi connectivity index (χ3v) is 6.59. The Morgan fingerprint density at radius 3 is 1.72 bits per heavy atom. The first-order chi connectivity index (χ1) is 17.3. The van der Waals surface area contributed by atoms with Crippen LogP contribution in [-0.2, 0) is 19.2 Å². The lowest BCUT2D eigenvalue weighted by atomic mass is 10.0. The SMILES string of the molecule is CCCCCCCCCCCCCCCC(=O)N[C@@H](CCC(=O)NCCCCC(N)C(C)=O)C(=O)O. The van der Waals surface area contributed by atoms with Gasteiger partial charge in [0.15, 0.2) is 0 Å². The second-order valence-electron chi connectivity index (χ2n) is 10.1. The van der Waals surface area contributed by atoms with Gasteiger partial charge in [-0.2, -0.15) is 0 Å². The van der Waals surface area contributed by atoms with Crippen molar-refractivity contribution >= 4 is 23.6 Å². The molecule has 8 heteroatoms. The fourth-order valence-electron chi connectivity index (χ4n) is 4.11. The van der Waals surface area contributed by atoms with Crippen LogP contribution in [0.15, 0.2) is 0 Å². The molecule has 0 aliphatic heterocycles. The average molecular weight is 512 g/mol. The summed E-state index contributed by atoms with van der Waals surface area (Å²) < 4.78 is 0. The number of amides is 2. The fourth-order valence-corrected chi connectivity index (χ4v) is 4.11. The van der Waals surface area contributed by atoms with Crippen molar-refractivity contribution in [2.75, 3.05) is 6.54 Å². The van der Waals surface area contributed by atoms with E-state index in [-0.39, 0.29) is 30.4 Å². The van der Waals surface area contributed by atoms with Crippen LogP contribution in [0.1, 0.15) is 136 Å². The molecule has 0 saturated heterocycles. The van der Waals surface area contributed by atoms with Gasteiger partial charge in [0, 0.05) is 19.4 Å². The number of Topliss-reactive ketones (excluding diaryl/α,β-unsaturated/α-hetero) is 1. The molecule has 2 atom stereocenters. The van der Waals surface area contributed by atoms with E-state index in [9.17, 15) is 24.3 Å². The molecule has 0 aromatic rings. The van der Waals surface area contributed by atoms with Crippen molar-refractivity contribution in [1.82, 2.24) is 10.6 Å². The molecule has 2 amide bonds. The van der Waals surface area contributed by atoms with Crippen LogP contribution in [0.4, 0.5) is 0 Å². The highest BCUT2D eigenvalue weighted by molar-refractivity contribution is 5.84. The topological polar surface area (TPSA) is 139 Å². The maximum absolute atomic E-state index is 12.1. The molecule has 0 aromatic heterocycles. The molecule has 210 valence electrons. The van der Waals surface area contributed by atoms with Gasteiger partial charge in [0.25, 0.3) is 0 Å². The minimum Gasteiger partial charge on any atom is -0.480 e. The van der Waals surface area contributed by atoms with Crippen LogP contribution in [0.25, 0.3) is 0 Å². The van der Waals surface area contributed by atoms with E-state index in [1.165, 1.54) is 71.1 Å². The van der Waals surface area contributed by atoms with Gasteiger partial charge in [-0.15, -0.1) is 0 Å². The first-order valence-electron chi connectivity index (χ1n) is 14.3. The number of ketones is 1. The number of rotatable bonds is 25. The molecular formula is C28H53N3O5. The fraction of sp³-hybridized carbons (Fsp3) is 0.857. The molecule has 0 saturated carbocycles. The lowest BCUT2D eigenvalue weighted by Crippen LogP contribution is -2.41. The molecule has 0 aliphatic rings. The second-order valence-corrected chi connectivity index (χ2v) is 10.1. The van der Waals surface area contributed by atoms with Gasteiger partial charge in [0.05, 0.1) is 6.04 Å². The third kappa shape index (κ3) is 21.3. The van der Waals surface area contributed by atoms with Gasteiger partial charge >= 0.3 is 5.97 Å². The highest BCUT2D eigenvalue weighted by Crippen LogP contribution is 2.13. The third-order valence-electron chi connectivity index (χ3n) is 6.59. The Morgan fingerprint density at radius 2 is 1.22 bits per heavy atom. The number of carbonyl (C=O) groups excluding carboxylic acids is 3. The van der Waals surface area contributed by atoms with Gasteiger partial charge in [-0.25, -0.2) is 4.79 Å². The first-order valence-corrected chi connectivity index (χ1v) is 14.3. The summed E-state index contributed by atoms with van der Waals surface area (Å²) in [5.41, 5.74) is 5.67. The van der Waals surface area contributed by atoms with E-state index in [0.717, 1.165) is 25.7 Å². The van der Waals surface area contributed by atoms with Crippen LogP contribution < -0.4 is 16.4 Å². The summed E-state index contributed by atoms with van der Waals surface area (Å²) in [5.74, 6) is -1.69. The van der Waals surface area contributed by atoms with Crippen LogP contribution >= 0.6 is 0 Å². The summed E-state index contributed by atoms with van der Waals surface area (Å²) in [5, 5.41) is 14.7. The van der Waals surface area contributed by atoms with Crippen molar-refractivity contribution in [3.8, 4) is 0 Å². The standard InChI is InChI=1S/C28H53N3O5/c1-3-4-5-6-7-8-9-10-11-12-13-14-15-19-27(34)31-25(28(35)36)20-21-26(33)30-22-17-16-18-24(29)23(2)32/h24-25H,3-22,29H2,1-2H3,(H,30,33)(H,31,34)(H,35,36)/t24?,25-/m0/s1. The molecule has 0 bridgehead atoms. The molecule has 0 spiro atoms. The minimum atomic E-state index is -1.13. The van der Waals surface area contributed by atoms with Gasteiger partial charge in [-0.3, -0.25) is 14.4 Å². The van der Waals surface area contributed by atoms with Gasteiger partial charge in [-0.05, 0) is 39.0 Å². The number of unbranched alkanes of at least 4 members (excludes halogenated alkanes) is 13. The van der Waals surface area contributed by atoms with E-state index in [1.807, 2.05) is 0 Å². The van der Waals surface area contributed by atoms with Gasteiger partial charge in [-0.1, -0.05) is 84.0 Å². The Hall–Kier alpha value is -1.96. The van der Waals surface area contributed by atoms with Crippen molar-refractivity contribution < 1.29 is 24.3 Å². The highest BCUT2D eigenvalue weighted by atomic mass is 16.4. The molecule has 0 aromatic carbocycles. The van der Waals surface area contributed by atoms with Crippen LogP contribution in [-0.4, -0.2) is 47.3 Å². The van der Waals surface area contributed by atoms with E-state index in [2.05, 4.69) is 17.6 Å². The normalized spacial score (nSPS) is 12.6. The van der Waals surface area contributed by atoms with E-state index in [4.69, 9.17) is 5.73 Å². The number of carboxylic acids is 1. The van der Waals surface area contributed by atoms with Gasteiger partial charge in [0.1, 0.15) is 11.8 Å². The smallest absolute Gasteiger partial charge is 0.326 e. The largest absolute Gasteiger partial charge is 0.480 e. The number of carboxylic acid groups (broad SMARTS) is 1. The molecule has 0 aliphatic carbocycles. The lowest BCUT2D eigenvalue weighted by molar-refractivity contribution is -0.142. The van der Waals surface area contributed by atoms with Gasteiger partial charge < -0.3 is 21.5 Å². The molecule has 8 nitrogen and oxygen atoms in total. The summed E-state index contributed by atoms with van der Waals surface area (Å²) in [6.07, 6.45) is 18.4. The Balaban J connectivity index is 3.78. The van der Waals surface area contributed by atoms with Crippen LogP contribution in [0.5, 0.6) is 0 Å². The van der Waals surface area contributed by atoms with E-state index >= 15 is 0 Å². The number of hydrogen-bond acceptors (Lipinski definition) is 5. The quantitative estimate of drug-likeness (QED) is 0.127. The van der Waals surface area contributed by atoms with Crippen LogP contribution in [0.2, 0.25) is 0 Å². The Morgan fingerprint density at radius 1 is 0.694 bits per heavy atom. The van der Waals surface area contributed by atoms with Crippen LogP contribution in [0, 0.1) is 0 Å². The number of carbonyl (C=O) groups is 4. The molecule has 1 unspecified atom stereocenters. The Bertz CT molecular complexity index is 612. The van der Waals surface area contributed by atoms with Crippen molar-refractivity contribution in [3.63, 3.8) is 0 Å². The predicted octanol–water partition coefficient (Wildman–Crippen LogP) is 5.02. The van der Waals surface area contributed by atoms with E-state index in [0.29, 0.717) is 25.8 Å². The maximum atomic E-state index is 12.1. The number of aliphatic carboxylic acids is 1. The van der Waals surface area contributed by atoms with E-state index < -0.39 is 18.1 Å². The molecule has 0 rings (SSSR count). The Labute approximate surface area is 218 Å². The summed E-state index contributed by atoms with van der Waals surface area (Å²) in [4.78, 5) is 46.7. The zero-order valence-corrected chi connectivity index (χ0v) is 23.0. The van der Waals surface area contributed by atoms with Crippen molar-refractivity contribution in [1.29, 1.82) is 0 Å². The maximum Gasteiger partial charge on any atom is 0.326 e. The summed E-state index contributed by atoms with van der Waals surface area (Å²) >= 11 is 0. The van der Waals surface area contributed by atoms with Crippen molar-refractivity contribution in [2.45, 2.75) is 148 Å². The lowest BCUT2D eigenvalue weighted by Gasteiger charge is -2.14. The minimum absolute atomic E-state index is 0.0307. The van der Waals surface area contributed by atoms with Gasteiger partial charge in [0.2, 0.25) is 11.8 Å². The predicted molar refractivity (Wildman–Crippen MR) is 145 cm³/mol. The average Bonchev–Trinajstić information content (AvgIpc) is 2.83. The molecule has 36 heavy (non-hydrogen) atoms. The number of hydrogen-bond donors (Lipinski definition) is 4. The number of nitrogens with one attached hydrogen (secondary N) is 2.